The number of urea groups is 1. The number of nitrogens with one attached hydrogen (secondary N) is 1. The average molecular weight is 512 g/mol. The van der Waals surface area contributed by atoms with E-state index < -0.39 is 23.7 Å². The topological polar surface area (TPSA) is 127 Å². The van der Waals surface area contributed by atoms with E-state index in [1.807, 2.05) is 6.07 Å². The third-order valence-electron chi connectivity index (χ3n) is 6.46. The highest BCUT2D eigenvalue weighted by Gasteiger charge is 2.30. The lowest BCUT2D eigenvalue weighted by Crippen LogP contribution is -2.44. The molecule has 7 N–H and O–H groups in total. The zero-order valence-electron chi connectivity index (χ0n) is 20.0. The minimum absolute atomic E-state index is 0.0929. The summed E-state index contributed by atoms with van der Waals surface area (Å²) in [4.78, 5) is 26.2. The molecule has 3 aromatic rings. The first-order valence-corrected chi connectivity index (χ1v) is 11.8. The Balaban J connectivity index is 1.55. The van der Waals surface area contributed by atoms with E-state index in [9.17, 15) is 22.8 Å². The Morgan fingerprint density at radius 1 is 1.00 bits per heavy atom. The number of nitrogens with two attached hydrogens (primary N) is 3. The van der Waals surface area contributed by atoms with E-state index in [0.717, 1.165) is 34.4 Å². The van der Waals surface area contributed by atoms with Gasteiger partial charge in [0.25, 0.3) is 0 Å². The minimum atomic E-state index is -4.41. The van der Waals surface area contributed by atoms with Crippen LogP contribution in [0.5, 0.6) is 0 Å². The lowest BCUT2D eigenvalue weighted by molar-refractivity contribution is -0.137. The van der Waals surface area contributed by atoms with Gasteiger partial charge in [0, 0.05) is 30.9 Å². The van der Waals surface area contributed by atoms with E-state index >= 15 is 0 Å². The molecule has 0 saturated carbocycles. The van der Waals surface area contributed by atoms with E-state index in [2.05, 4.69) is 5.32 Å². The number of carbonyl (C=O) groups excluding carboxylic acids is 2. The minimum Gasteiger partial charge on any atom is -0.399 e. The molecular formula is C27H28F3N5O2. The average Bonchev–Trinajstić information content (AvgIpc) is 2.85. The molecule has 0 unspecified atom stereocenters. The monoisotopic (exact) mass is 511 g/mol. The highest BCUT2D eigenvalue weighted by atomic mass is 19.4. The fourth-order valence-corrected chi connectivity index (χ4v) is 4.62. The maximum Gasteiger partial charge on any atom is 0.416 e. The van der Waals surface area contributed by atoms with Crippen molar-refractivity contribution in [2.45, 2.75) is 38.0 Å². The second-order valence-corrected chi connectivity index (χ2v) is 9.13. The number of nitrogens with zero attached hydrogens (tertiary/aromatic N) is 1. The van der Waals surface area contributed by atoms with Crippen LogP contribution in [0.4, 0.5) is 29.3 Å². The number of hydrogen-bond donors (Lipinski definition) is 4. The third kappa shape index (κ3) is 6.14. The molecular weight excluding hydrogens is 483 g/mol. The number of halogens is 3. The first-order chi connectivity index (χ1) is 17.5. The summed E-state index contributed by atoms with van der Waals surface area (Å²) < 4.78 is 39.0. The SMILES string of the molecule is NC(=O)CC[C@H](NC(=O)N1CCc2c(cc(N)cc2-c2ccc(C(F)(F)F)cc2)C1)c1cccc(N)c1. The van der Waals surface area contributed by atoms with Gasteiger partial charge < -0.3 is 27.4 Å². The standard InChI is InChI=1S/C27H28F3N5O2/c28-27(29,30)19-6-4-16(5-7-19)23-14-21(32)13-18-15-35(11-10-22(18)23)26(37)34-24(8-9-25(33)36)17-2-1-3-20(31)12-17/h1-7,12-14,24H,8-11,15,31-32H2,(H2,33,36)(H,34,37)/t24-/m0/s1. The van der Waals surface area contributed by atoms with Gasteiger partial charge in [0.15, 0.2) is 0 Å². The van der Waals surface area contributed by atoms with Gasteiger partial charge in [-0.15, -0.1) is 0 Å². The Morgan fingerprint density at radius 2 is 1.73 bits per heavy atom. The lowest BCUT2D eigenvalue weighted by Gasteiger charge is -2.32. The maximum absolute atomic E-state index is 13.2. The number of fused-ring (bicyclic) bond motifs is 1. The van der Waals surface area contributed by atoms with Crippen molar-refractivity contribution in [3.8, 4) is 11.1 Å². The van der Waals surface area contributed by atoms with Crippen LogP contribution in [0.3, 0.4) is 0 Å². The molecule has 0 radical (unpaired) electrons. The molecule has 10 heteroatoms. The Morgan fingerprint density at radius 3 is 2.38 bits per heavy atom. The number of alkyl halides is 3. The Kier molecular flexibility index (Phi) is 7.28. The van der Waals surface area contributed by atoms with Crippen molar-refractivity contribution in [2.24, 2.45) is 5.73 Å². The van der Waals surface area contributed by atoms with E-state index in [1.54, 1.807) is 35.2 Å². The van der Waals surface area contributed by atoms with Crippen LogP contribution >= 0.6 is 0 Å². The predicted molar refractivity (Wildman–Crippen MR) is 136 cm³/mol. The Labute approximate surface area is 212 Å². The fraction of sp³-hybridized carbons (Fsp3) is 0.259. The highest BCUT2D eigenvalue weighted by Crippen LogP contribution is 2.35. The molecule has 3 amide bonds. The number of amides is 3. The number of nitrogen functional groups attached to an aromatic ring is 2. The molecule has 4 rings (SSSR count). The van der Waals surface area contributed by atoms with Crippen LogP contribution in [0.1, 0.15) is 41.1 Å². The van der Waals surface area contributed by atoms with Crippen molar-refractivity contribution in [1.82, 2.24) is 10.2 Å². The van der Waals surface area contributed by atoms with Crippen molar-refractivity contribution >= 4 is 23.3 Å². The molecule has 1 atom stereocenters. The molecule has 1 aliphatic heterocycles. The summed E-state index contributed by atoms with van der Waals surface area (Å²) in [7, 11) is 0. The second-order valence-electron chi connectivity index (χ2n) is 9.13. The second kappa shape index (κ2) is 10.4. The van der Waals surface area contributed by atoms with Crippen LogP contribution in [0.2, 0.25) is 0 Å². The number of primary amides is 1. The number of anilines is 2. The first-order valence-electron chi connectivity index (χ1n) is 11.8. The summed E-state index contributed by atoms with van der Waals surface area (Å²) in [5, 5.41) is 2.98. The molecule has 194 valence electrons. The summed E-state index contributed by atoms with van der Waals surface area (Å²) in [6.07, 6.45) is -3.50. The van der Waals surface area contributed by atoms with Gasteiger partial charge in [0.2, 0.25) is 5.91 Å². The van der Waals surface area contributed by atoms with Gasteiger partial charge in [0.1, 0.15) is 0 Å². The van der Waals surface area contributed by atoms with Crippen molar-refractivity contribution in [3.63, 3.8) is 0 Å². The van der Waals surface area contributed by atoms with Crippen LogP contribution < -0.4 is 22.5 Å². The van der Waals surface area contributed by atoms with Gasteiger partial charge in [0.05, 0.1) is 11.6 Å². The van der Waals surface area contributed by atoms with Gasteiger partial charge in [-0.2, -0.15) is 13.2 Å². The molecule has 37 heavy (non-hydrogen) atoms. The number of carbonyl (C=O) groups is 2. The van der Waals surface area contributed by atoms with E-state index in [0.29, 0.717) is 36.3 Å². The summed E-state index contributed by atoms with van der Waals surface area (Å²) in [6, 6.07) is 14.8. The van der Waals surface area contributed by atoms with Crippen molar-refractivity contribution in [3.05, 3.63) is 82.9 Å². The molecule has 0 saturated heterocycles. The van der Waals surface area contributed by atoms with E-state index in [-0.39, 0.29) is 19.0 Å². The number of benzene rings is 3. The van der Waals surface area contributed by atoms with Gasteiger partial charge >= 0.3 is 12.2 Å². The van der Waals surface area contributed by atoms with Crippen LogP contribution in [-0.4, -0.2) is 23.4 Å². The summed E-state index contributed by atoms with van der Waals surface area (Å²) in [5.41, 5.74) is 21.5. The molecule has 0 spiro atoms. The van der Waals surface area contributed by atoms with Crippen LogP contribution in [0.15, 0.2) is 60.7 Å². The quantitative estimate of drug-likeness (QED) is 0.360. The number of rotatable bonds is 6. The first kappa shape index (κ1) is 25.9. The predicted octanol–water partition coefficient (Wildman–Crippen LogP) is 4.61. The lowest BCUT2D eigenvalue weighted by atomic mass is 9.89. The van der Waals surface area contributed by atoms with Crippen molar-refractivity contribution in [1.29, 1.82) is 0 Å². The van der Waals surface area contributed by atoms with Crippen molar-refractivity contribution < 1.29 is 22.8 Å². The van der Waals surface area contributed by atoms with Crippen molar-refractivity contribution in [2.75, 3.05) is 18.0 Å². The largest absolute Gasteiger partial charge is 0.416 e. The Bertz CT molecular complexity index is 1310. The van der Waals surface area contributed by atoms with E-state index in [1.165, 1.54) is 12.1 Å². The summed E-state index contributed by atoms with van der Waals surface area (Å²) in [5.74, 6) is -0.471. The molecule has 0 aromatic heterocycles. The summed E-state index contributed by atoms with van der Waals surface area (Å²) in [6.45, 7) is 0.676. The molecule has 0 fully saturated rings. The maximum atomic E-state index is 13.2. The van der Waals surface area contributed by atoms with E-state index in [4.69, 9.17) is 17.2 Å². The molecule has 0 bridgehead atoms. The highest BCUT2D eigenvalue weighted by molar-refractivity contribution is 5.78. The summed E-state index contributed by atoms with van der Waals surface area (Å²) >= 11 is 0. The van der Waals surface area contributed by atoms with Gasteiger partial charge in [-0.1, -0.05) is 24.3 Å². The number of hydrogen-bond acceptors (Lipinski definition) is 4. The zero-order valence-corrected chi connectivity index (χ0v) is 20.0. The van der Waals surface area contributed by atoms with Gasteiger partial charge in [-0.05, 0) is 77.1 Å². The zero-order chi connectivity index (χ0) is 26.7. The van der Waals surface area contributed by atoms with Crippen LogP contribution in [0.25, 0.3) is 11.1 Å². The smallest absolute Gasteiger partial charge is 0.399 e. The third-order valence-corrected chi connectivity index (χ3v) is 6.46. The van der Waals surface area contributed by atoms with Gasteiger partial charge in [-0.3, -0.25) is 4.79 Å². The molecule has 3 aromatic carbocycles. The Hall–Kier alpha value is -4.21. The van der Waals surface area contributed by atoms with Crippen LogP contribution in [0, 0.1) is 0 Å². The van der Waals surface area contributed by atoms with Gasteiger partial charge in [-0.25, -0.2) is 4.79 Å². The molecule has 1 aliphatic rings. The molecule has 1 heterocycles. The normalized spacial score (nSPS) is 14.1. The van der Waals surface area contributed by atoms with Crippen LogP contribution in [-0.2, 0) is 23.9 Å². The fourth-order valence-electron chi connectivity index (χ4n) is 4.62. The molecule has 7 nitrogen and oxygen atoms in total. The molecule has 0 aliphatic carbocycles.